The highest BCUT2D eigenvalue weighted by Gasteiger charge is 2.15. The molecule has 0 saturated carbocycles. The van der Waals surface area contributed by atoms with Crippen LogP contribution in [0.5, 0.6) is 17.2 Å². The molecule has 0 aliphatic rings. The minimum atomic E-state index is -0.496. The number of hydrogen-bond donors (Lipinski definition) is 1. The molecule has 0 fully saturated rings. The Bertz CT molecular complexity index is 1290. The van der Waals surface area contributed by atoms with Crippen molar-refractivity contribution in [3.05, 3.63) is 86.0 Å². The molecule has 6 nitrogen and oxygen atoms in total. The maximum Gasteiger partial charge on any atom is 0.266 e. The summed E-state index contributed by atoms with van der Waals surface area (Å²) in [5.41, 5.74) is 4.73. The van der Waals surface area contributed by atoms with Crippen LogP contribution in [0.25, 0.3) is 6.08 Å². The third-order valence-corrected chi connectivity index (χ3v) is 6.19. The molecular formula is C29H29IN2O4. The maximum absolute atomic E-state index is 12.7. The Kier molecular flexibility index (Phi) is 9.77. The zero-order valence-electron chi connectivity index (χ0n) is 20.9. The zero-order valence-corrected chi connectivity index (χ0v) is 23.0. The Morgan fingerprint density at radius 3 is 2.33 bits per heavy atom. The van der Waals surface area contributed by atoms with E-state index in [0.29, 0.717) is 48.3 Å². The number of nitriles is 1. The number of halogens is 1. The number of nitrogens with one attached hydrogen (secondary N) is 1. The van der Waals surface area contributed by atoms with E-state index in [2.05, 4.69) is 60.0 Å². The van der Waals surface area contributed by atoms with Gasteiger partial charge >= 0.3 is 0 Å². The Labute approximate surface area is 226 Å². The van der Waals surface area contributed by atoms with Gasteiger partial charge < -0.3 is 19.5 Å². The lowest BCUT2D eigenvalue weighted by atomic mass is 10.1. The van der Waals surface area contributed by atoms with Crippen LogP contribution in [0.1, 0.15) is 36.1 Å². The molecule has 3 aromatic carbocycles. The molecule has 0 bridgehead atoms. The van der Waals surface area contributed by atoms with Gasteiger partial charge in [0.15, 0.2) is 11.5 Å². The molecule has 0 spiro atoms. The molecular weight excluding hydrogens is 567 g/mol. The van der Waals surface area contributed by atoms with Crippen molar-refractivity contribution in [2.24, 2.45) is 0 Å². The molecule has 0 saturated heterocycles. The van der Waals surface area contributed by atoms with Crippen LogP contribution >= 0.6 is 22.6 Å². The molecule has 0 radical (unpaired) electrons. The van der Waals surface area contributed by atoms with Crippen LogP contribution in [0, 0.1) is 28.7 Å². The van der Waals surface area contributed by atoms with E-state index in [1.165, 1.54) is 11.1 Å². The number of benzene rings is 3. The van der Waals surface area contributed by atoms with Crippen molar-refractivity contribution in [1.29, 1.82) is 5.26 Å². The third kappa shape index (κ3) is 7.25. The molecule has 1 amide bonds. The number of rotatable bonds is 10. The number of anilines is 1. The van der Waals surface area contributed by atoms with Gasteiger partial charge in [-0.1, -0.05) is 18.2 Å². The predicted molar refractivity (Wildman–Crippen MR) is 150 cm³/mol. The van der Waals surface area contributed by atoms with Crippen molar-refractivity contribution < 1.29 is 19.0 Å². The average molecular weight is 596 g/mol. The zero-order chi connectivity index (χ0) is 26.1. The Morgan fingerprint density at radius 1 is 0.972 bits per heavy atom. The summed E-state index contributed by atoms with van der Waals surface area (Å²) in [5.74, 6) is 1.41. The van der Waals surface area contributed by atoms with Gasteiger partial charge in [0, 0.05) is 5.69 Å². The number of carbonyl (C=O) groups is 1. The highest BCUT2D eigenvalue weighted by molar-refractivity contribution is 14.1. The van der Waals surface area contributed by atoms with Crippen LogP contribution in [0.2, 0.25) is 0 Å². The van der Waals surface area contributed by atoms with E-state index in [1.54, 1.807) is 36.4 Å². The number of hydrogen-bond acceptors (Lipinski definition) is 5. The molecule has 0 heterocycles. The number of aryl methyl sites for hydroxylation is 2. The number of carbonyl (C=O) groups excluding carboxylic acids is 1. The first-order chi connectivity index (χ1) is 17.3. The quantitative estimate of drug-likeness (QED) is 0.158. The van der Waals surface area contributed by atoms with Crippen molar-refractivity contribution in [2.75, 3.05) is 18.5 Å². The van der Waals surface area contributed by atoms with Gasteiger partial charge in [0.05, 0.1) is 16.8 Å². The van der Waals surface area contributed by atoms with E-state index in [9.17, 15) is 10.1 Å². The van der Waals surface area contributed by atoms with Crippen molar-refractivity contribution in [3.63, 3.8) is 0 Å². The van der Waals surface area contributed by atoms with Gasteiger partial charge in [0.25, 0.3) is 5.91 Å². The van der Waals surface area contributed by atoms with Crippen molar-refractivity contribution in [1.82, 2.24) is 0 Å². The molecule has 186 valence electrons. The summed E-state index contributed by atoms with van der Waals surface area (Å²) < 4.78 is 18.2. The highest BCUT2D eigenvalue weighted by atomic mass is 127. The molecule has 1 N–H and O–H groups in total. The number of amides is 1. The normalized spacial score (nSPS) is 10.9. The van der Waals surface area contributed by atoms with Gasteiger partial charge in [0.1, 0.15) is 24.0 Å². The third-order valence-electron chi connectivity index (χ3n) is 5.39. The predicted octanol–water partition coefficient (Wildman–Crippen LogP) is 6.83. The summed E-state index contributed by atoms with van der Waals surface area (Å²) >= 11 is 2.18. The first kappa shape index (κ1) is 27.1. The molecule has 3 rings (SSSR count). The molecule has 0 aliphatic heterocycles. The molecule has 36 heavy (non-hydrogen) atoms. The number of nitrogens with zero attached hydrogens (tertiary/aromatic N) is 1. The van der Waals surface area contributed by atoms with E-state index in [1.807, 2.05) is 26.0 Å². The van der Waals surface area contributed by atoms with E-state index in [0.717, 1.165) is 9.13 Å². The van der Waals surface area contributed by atoms with Crippen LogP contribution in [-0.4, -0.2) is 19.1 Å². The van der Waals surface area contributed by atoms with Gasteiger partial charge in [-0.2, -0.15) is 5.26 Å². The van der Waals surface area contributed by atoms with Gasteiger partial charge in [-0.15, -0.1) is 0 Å². The minimum absolute atomic E-state index is 0.0223. The van der Waals surface area contributed by atoms with Crippen LogP contribution in [0.15, 0.2) is 60.2 Å². The summed E-state index contributed by atoms with van der Waals surface area (Å²) in [4.78, 5) is 12.7. The van der Waals surface area contributed by atoms with Gasteiger partial charge in [-0.3, -0.25) is 4.79 Å². The van der Waals surface area contributed by atoms with E-state index in [-0.39, 0.29) is 5.57 Å². The molecule has 0 aromatic heterocycles. The summed E-state index contributed by atoms with van der Waals surface area (Å²) in [6, 6.07) is 18.9. The molecule has 0 atom stereocenters. The highest BCUT2D eigenvalue weighted by Crippen LogP contribution is 2.35. The maximum atomic E-state index is 12.7. The summed E-state index contributed by atoms with van der Waals surface area (Å²) in [6.07, 6.45) is 1.54. The Balaban J connectivity index is 1.80. The molecule has 0 unspecified atom stereocenters. The largest absolute Gasteiger partial charge is 0.494 e. The second-order valence-corrected chi connectivity index (χ2v) is 9.21. The van der Waals surface area contributed by atoms with Crippen LogP contribution < -0.4 is 19.5 Å². The van der Waals surface area contributed by atoms with Crippen LogP contribution in [-0.2, 0) is 11.4 Å². The summed E-state index contributed by atoms with van der Waals surface area (Å²) in [5, 5.41) is 12.4. The lowest BCUT2D eigenvalue weighted by Gasteiger charge is -2.15. The lowest BCUT2D eigenvalue weighted by Crippen LogP contribution is -2.13. The fraction of sp³-hybridized carbons (Fsp3) is 0.241. The summed E-state index contributed by atoms with van der Waals surface area (Å²) in [6.45, 7) is 9.37. The van der Waals surface area contributed by atoms with Gasteiger partial charge in [0.2, 0.25) is 0 Å². The Hall–Kier alpha value is -3.51. The van der Waals surface area contributed by atoms with Crippen LogP contribution in [0.4, 0.5) is 5.69 Å². The minimum Gasteiger partial charge on any atom is -0.494 e. The Morgan fingerprint density at radius 2 is 1.69 bits per heavy atom. The smallest absolute Gasteiger partial charge is 0.266 e. The van der Waals surface area contributed by atoms with Crippen LogP contribution in [0.3, 0.4) is 0 Å². The summed E-state index contributed by atoms with van der Waals surface area (Å²) in [7, 11) is 0. The average Bonchev–Trinajstić information content (AvgIpc) is 2.85. The van der Waals surface area contributed by atoms with Crippen molar-refractivity contribution in [3.8, 4) is 23.3 Å². The molecule has 7 heteroatoms. The van der Waals surface area contributed by atoms with Crippen molar-refractivity contribution in [2.45, 2.75) is 34.3 Å². The lowest BCUT2D eigenvalue weighted by molar-refractivity contribution is -0.112. The number of ether oxygens (including phenoxy) is 3. The van der Waals surface area contributed by atoms with E-state index in [4.69, 9.17) is 14.2 Å². The first-order valence-corrected chi connectivity index (χ1v) is 12.7. The van der Waals surface area contributed by atoms with Crippen molar-refractivity contribution >= 4 is 40.3 Å². The SMILES string of the molecule is CCOc1ccc(NC(=O)/C(C#N)=C/c2cc(I)c(OCc3ccc(C)c(C)c3)c(OCC)c2)cc1. The topological polar surface area (TPSA) is 80.6 Å². The standard InChI is InChI=1S/C29H29IN2O4/c1-5-34-25-11-9-24(10-12-25)32-29(33)23(17-31)14-22-15-26(30)28(27(16-22)35-6-2)36-18-21-8-7-19(3)20(4)13-21/h7-16H,5-6,18H2,1-4H3,(H,32,33)/b23-14+. The fourth-order valence-electron chi connectivity index (χ4n) is 3.44. The molecule has 0 aliphatic carbocycles. The fourth-order valence-corrected chi connectivity index (χ4v) is 4.22. The van der Waals surface area contributed by atoms with E-state index < -0.39 is 5.91 Å². The van der Waals surface area contributed by atoms with E-state index >= 15 is 0 Å². The second kappa shape index (κ2) is 13.0. The van der Waals surface area contributed by atoms with Gasteiger partial charge in [-0.25, -0.2) is 0 Å². The second-order valence-electron chi connectivity index (χ2n) is 8.05. The monoisotopic (exact) mass is 596 g/mol. The van der Waals surface area contributed by atoms with Gasteiger partial charge in [-0.05, 0) is 115 Å². The first-order valence-electron chi connectivity index (χ1n) is 11.7. The molecule has 3 aromatic rings.